The number of carbonyl (C=O) groups excluding carboxylic acids is 1. The van der Waals surface area contributed by atoms with Crippen LogP contribution in [0.5, 0.6) is 0 Å². The molecule has 0 spiro atoms. The van der Waals surface area contributed by atoms with Crippen molar-refractivity contribution in [2.24, 2.45) is 4.99 Å². The smallest absolute Gasteiger partial charge is 0.243 e. The highest BCUT2D eigenvalue weighted by Crippen LogP contribution is 2.24. The molecule has 27 heavy (non-hydrogen) atoms. The molecule has 1 aromatic carbocycles. The van der Waals surface area contributed by atoms with Gasteiger partial charge in [-0.05, 0) is 30.2 Å². The van der Waals surface area contributed by atoms with Crippen LogP contribution in [0.2, 0.25) is 0 Å². The highest BCUT2D eigenvalue weighted by molar-refractivity contribution is 5.94. The minimum atomic E-state index is -0.145. The lowest BCUT2D eigenvalue weighted by Gasteiger charge is -2.35. The van der Waals surface area contributed by atoms with Crippen molar-refractivity contribution in [3.8, 4) is 0 Å². The number of benzene rings is 1. The van der Waals surface area contributed by atoms with Crippen LogP contribution >= 0.6 is 0 Å². The Morgan fingerprint density at radius 3 is 2.93 bits per heavy atom. The van der Waals surface area contributed by atoms with Gasteiger partial charge in [0.25, 0.3) is 0 Å². The van der Waals surface area contributed by atoms with Crippen LogP contribution in [0.15, 0.2) is 53.8 Å². The molecule has 1 unspecified atom stereocenters. The molecule has 1 saturated heterocycles. The molecule has 2 aromatic rings. The van der Waals surface area contributed by atoms with Crippen molar-refractivity contribution in [3.63, 3.8) is 0 Å². The zero-order chi connectivity index (χ0) is 19.1. The quantitative estimate of drug-likeness (QED) is 0.638. The number of rotatable bonds is 4. The van der Waals surface area contributed by atoms with Gasteiger partial charge in [0, 0.05) is 19.8 Å². The average Bonchev–Trinajstić information content (AvgIpc) is 2.70. The number of guanidine groups is 1. The van der Waals surface area contributed by atoms with E-state index in [0.717, 1.165) is 6.54 Å². The van der Waals surface area contributed by atoms with Gasteiger partial charge in [-0.3, -0.25) is 14.8 Å². The van der Waals surface area contributed by atoms with Crippen molar-refractivity contribution in [2.75, 3.05) is 38.6 Å². The number of aryl methyl sites for hydroxylation is 1. The van der Waals surface area contributed by atoms with Crippen molar-refractivity contribution in [3.05, 3.63) is 59.9 Å². The lowest BCUT2D eigenvalue weighted by atomic mass is 10.0. The third-order valence-corrected chi connectivity index (χ3v) is 4.47. The van der Waals surface area contributed by atoms with Gasteiger partial charge < -0.3 is 20.3 Å². The number of ether oxygens (including phenoxy) is 1. The van der Waals surface area contributed by atoms with Gasteiger partial charge in [0.05, 0.1) is 31.6 Å². The summed E-state index contributed by atoms with van der Waals surface area (Å²) in [6.07, 6.45) is 3.27. The van der Waals surface area contributed by atoms with Crippen LogP contribution in [0.3, 0.4) is 0 Å². The van der Waals surface area contributed by atoms with Crippen LogP contribution in [0.25, 0.3) is 0 Å². The number of amides is 1. The molecule has 1 aliphatic heterocycles. The van der Waals surface area contributed by atoms with E-state index < -0.39 is 0 Å². The lowest BCUT2D eigenvalue weighted by molar-refractivity contribution is -0.115. The van der Waals surface area contributed by atoms with Crippen LogP contribution in [-0.4, -0.2) is 55.0 Å². The summed E-state index contributed by atoms with van der Waals surface area (Å²) in [5.41, 5.74) is 3.07. The first kappa shape index (κ1) is 18.8. The topological polar surface area (TPSA) is 78.8 Å². The second-order valence-electron chi connectivity index (χ2n) is 6.35. The van der Waals surface area contributed by atoms with Gasteiger partial charge in [-0.2, -0.15) is 0 Å². The van der Waals surface area contributed by atoms with Crippen molar-refractivity contribution in [1.29, 1.82) is 0 Å². The van der Waals surface area contributed by atoms with Gasteiger partial charge >= 0.3 is 0 Å². The van der Waals surface area contributed by atoms with E-state index in [-0.39, 0.29) is 18.6 Å². The first-order valence-electron chi connectivity index (χ1n) is 9.00. The summed E-state index contributed by atoms with van der Waals surface area (Å²) in [6.45, 7) is 4.25. The molecule has 1 aliphatic rings. The van der Waals surface area contributed by atoms with Crippen LogP contribution in [0, 0.1) is 6.92 Å². The number of pyridine rings is 1. The van der Waals surface area contributed by atoms with E-state index in [2.05, 4.69) is 44.6 Å². The van der Waals surface area contributed by atoms with Crippen molar-refractivity contribution < 1.29 is 9.53 Å². The number of nitrogens with one attached hydrogen (secondary N) is 2. The summed E-state index contributed by atoms with van der Waals surface area (Å²) < 4.78 is 5.96. The summed E-state index contributed by atoms with van der Waals surface area (Å²) in [6, 6.07) is 11.8. The number of anilines is 1. The number of carbonyl (C=O) groups is 1. The molecule has 142 valence electrons. The number of morpholine rings is 1. The Kier molecular flexibility index (Phi) is 6.38. The number of hydrogen-bond acceptors (Lipinski definition) is 4. The van der Waals surface area contributed by atoms with E-state index in [1.165, 1.54) is 11.1 Å². The maximum atomic E-state index is 12.1. The molecule has 1 fully saturated rings. The first-order chi connectivity index (χ1) is 13.2. The molecule has 0 bridgehead atoms. The fraction of sp³-hybridized carbons (Fsp3) is 0.350. The molecule has 2 heterocycles. The zero-order valence-electron chi connectivity index (χ0n) is 15.7. The second kappa shape index (κ2) is 9.14. The third kappa shape index (κ3) is 5.04. The van der Waals surface area contributed by atoms with Crippen LogP contribution in [0.1, 0.15) is 17.2 Å². The van der Waals surface area contributed by atoms with E-state index in [9.17, 15) is 4.79 Å². The van der Waals surface area contributed by atoms with Gasteiger partial charge in [0.15, 0.2) is 5.96 Å². The SMILES string of the molecule is CN=C(NCC(=O)Nc1cccnc1)N1CCOC(c2ccccc2C)C1. The van der Waals surface area contributed by atoms with E-state index in [1.54, 1.807) is 31.6 Å². The summed E-state index contributed by atoms with van der Waals surface area (Å²) in [5.74, 6) is 0.547. The van der Waals surface area contributed by atoms with Gasteiger partial charge in [0.2, 0.25) is 5.91 Å². The minimum Gasteiger partial charge on any atom is -0.370 e. The van der Waals surface area contributed by atoms with Crippen molar-refractivity contribution >= 4 is 17.6 Å². The molecule has 2 N–H and O–H groups in total. The van der Waals surface area contributed by atoms with Gasteiger partial charge in [-0.25, -0.2) is 0 Å². The number of aromatic nitrogens is 1. The van der Waals surface area contributed by atoms with Crippen LogP contribution in [0.4, 0.5) is 5.69 Å². The summed E-state index contributed by atoms with van der Waals surface area (Å²) in [5, 5.41) is 5.94. The first-order valence-corrected chi connectivity index (χ1v) is 9.00. The molecule has 1 aromatic heterocycles. The average molecular weight is 367 g/mol. The standard InChI is InChI=1S/C20H25N5O2/c1-15-6-3-4-8-17(15)18-14-25(10-11-27-18)20(21-2)23-13-19(26)24-16-7-5-9-22-12-16/h3-9,12,18H,10-11,13-14H2,1-2H3,(H,21,23)(H,24,26). The molecule has 7 heteroatoms. The molecule has 0 aliphatic carbocycles. The van der Waals surface area contributed by atoms with Crippen LogP contribution in [-0.2, 0) is 9.53 Å². The Bertz CT molecular complexity index is 794. The van der Waals surface area contributed by atoms with E-state index in [0.29, 0.717) is 24.8 Å². The van der Waals surface area contributed by atoms with Crippen molar-refractivity contribution in [2.45, 2.75) is 13.0 Å². The van der Waals surface area contributed by atoms with E-state index >= 15 is 0 Å². The number of nitrogens with zero attached hydrogens (tertiary/aromatic N) is 3. The zero-order valence-corrected chi connectivity index (χ0v) is 15.7. The van der Waals surface area contributed by atoms with E-state index in [4.69, 9.17) is 4.74 Å². The molecule has 1 amide bonds. The normalized spacial score (nSPS) is 17.5. The summed E-state index contributed by atoms with van der Waals surface area (Å²) >= 11 is 0. The van der Waals surface area contributed by atoms with Crippen LogP contribution < -0.4 is 10.6 Å². The van der Waals surface area contributed by atoms with Gasteiger partial charge in [0.1, 0.15) is 6.10 Å². The lowest BCUT2D eigenvalue weighted by Crippen LogP contribution is -2.49. The van der Waals surface area contributed by atoms with Gasteiger partial charge in [-0.1, -0.05) is 24.3 Å². The Morgan fingerprint density at radius 2 is 2.19 bits per heavy atom. The predicted octanol–water partition coefficient (Wildman–Crippen LogP) is 1.98. The molecular weight excluding hydrogens is 342 g/mol. The summed E-state index contributed by atoms with van der Waals surface area (Å²) in [4.78, 5) is 22.6. The monoisotopic (exact) mass is 367 g/mol. The molecule has 1 atom stereocenters. The van der Waals surface area contributed by atoms with Crippen molar-refractivity contribution in [1.82, 2.24) is 15.2 Å². The maximum Gasteiger partial charge on any atom is 0.243 e. The molecular formula is C20H25N5O2. The second-order valence-corrected chi connectivity index (χ2v) is 6.35. The predicted molar refractivity (Wildman–Crippen MR) is 106 cm³/mol. The fourth-order valence-corrected chi connectivity index (χ4v) is 3.11. The molecule has 3 rings (SSSR count). The fourth-order valence-electron chi connectivity index (χ4n) is 3.11. The Hall–Kier alpha value is -2.93. The minimum absolute atomic E-state index is 0.0114. The highest BCUT2D eigenvalue weighted by atomic mass is 16.5. The largest absolute Gasteiger partial charge is 0.370 e. The Morgan fingerprint density at radius 1 is 1.33 bits per heavy atom. The third-order valence-electron chi connectivity index (χ3n) is 4.47. The molecule has 0 saturated carbocycles. The molecule has 0 radical (unpaired) electrons. The van der Waals surface area contributed by atoms with E-state index in [1.807, 2.05) is 12.1 Å². The van der Waals surface area contributed by atoms with Gasteiger partial charge in [-0.15, -0.1) is 0 Å². The number of aliphatic imine (C=N–C) groups is 1. The number of hydrogen-bond donors (Lipinski definition) is 2. The Labute approximate surface area is 159 Å². The Balaban J connectivity index is 1.57. The summed E-state index contributed by atoms with van der Waals surface area (Å²) in [7, 11) is 1.72. The molecule has 7 nitrogen and oxygen atoms in total. The highest BCUT2D eigenvalue weighted by Gasteiger charge is 2.25. The maximum absolute atomic E-state index is 12.1.